The summed E-state index contributed by atoms with van der Waals surface area (Å²) in [5, 5.41) is 8.56. The Hall–Kier alpha value is -0.940. The monoisotopic (exact) mass is 572 g/mol. The van der Waals surface area contributed by atoms with Crippen molar-refractivity contribution in [3.63, 3.8) is 0 Å². The molecule has 0 saturated heterocycles. The van der Waals surface area contributed by atoms with Crippen LogP contribution in [0.2, 0.25) is 0 Å². The molecule has 0 aliphatic rings. The van der Waals surface area contributed by atoms with Gasteiger partial charge < -0.3 is 61.9 Å². The molecule has 0 heterocycles. The quantitative estimate of drug-likeness (QED) is 0.0818. The van der Waals surface area contributed by atoms with Crippen LogP contribution >= 0.6 is 0 Å². The van der Waals surface area contributed by atoms with Crippen LogP contribution < -0.4 is 0 Å². The molecule has 13 heteroatoms. The van der Waals surface area contributed by atoms with Crippen molar-refractivity contribution in [3.8, 4) is 0 Å². The molecule has 0 fully saturated rings. The van der Waals surface area contributed by atoms with Gasteiger partial charge in [-0.2, -0.15) is 0 Å². The van der Waals surface area contributed by atoms with Crippen LogP contribution in [0.5, 0.6) is 0 Å². The fourth-order valence-corrected chi connectivity index (χ4v) is 2.56. The van der Waals surface area contributed by atoms with Crippen molar-refractivity contribution in [1.82, 2.24) is 0 Å². The summed E-state index contributed by atoms with van der Waals surface area (Å²) in [5.74, 6) is 0. The van der Waals surface area contributed by atoms with Crippen LogP contribution in [-0.4, -0.2) is 164 Å². The highest BCUT2D eigenvalue weighted by molar-refractivity contribution is 4.47. The number of hydrogen-bond acceptors (Lipinski definition) is 13. The average molecular weight is 573 g/mol. The number of hydrogen-bond donors (Lipinski definition) is 1. The van der Waals surface area contributed by atoms with E-state index in [2.05, 4.69) is 6.58 Å². The van der Waals surface area contributed by atoms with Crippen LogP contribution in [0.15, 0.2) is 12.8 Å². The molecule has 234 valence electrons. The molecule has 0 spiro atoms. The molecular weight excluding hydrogens is 520 g/mol. The molecule has 0 aliphatic carbocycles. The maximum absolute atomic E-state index is 8.56. The standard InChI is InChI=1S/C26H52O13/c1-2-28-5-6-30-9-10-32-13-14-34-17-18-36-21-22-38-25-26-39-24-23-37-20-19-35-16-15-33-12-11-31-8-7-29-4-3-27/h2,27H,1,3-26H2. The number of aliphatic hydroxyl groups excluding tert-OH is 1. The summed E-state index contributed by atoms with van der Waals surface area (Å²) >= 11 is 0. The second-order valence-electron chi connectivity index (χ2n) is 7.50. The SMILES string of the molecule is C=COCCOCCOCCOCCOCCOCCOCCOCCOCCOCCOCCOCCO. The predicted octanol–water partition coefficient (Wildman–Crippen LogP) is 0.321. The van der Waals surface area contributed by atoms with E-state index in [9.17, 15) is 0 Å². The lowest BCUT2D eigenvalue weighted by Crippen LogP contribution is -2.15. The molecule has 0 aromatic rings. The van der Waals surface area contributed by atoms with Gasteiger partial charge in [-0.05, 0) is 0 Å². The maximum Gasteiger partial charge on any atom is 0.111 e. The van der Waals surface area contributed by atoms with Gasteiger partial charge in [0.2, 0.25) is 0 Å². The molecule has 0 amide bonds. The third-order valence-electron chi connectivity index (χ3n) is 4.42. The molecule has 0 aromatic heterocycles. The molecule has 1 N–H and O–H groups in total. The van der Waals surface area contributed by atoms with Crippen LogP contribution in [0.25, 0.3) is 0 Å². The summed E-state index contributed by atoms with van der Waals surface area (Å²) in [6, 6.07) is 0. The van der Waals surface area contributed by atoms with Gasteiger partial charge in [0.25, 0.3) is 0 Å². The Bertz CT molecular complexity index is 446. The van der Waals surface area contributed by atoms with E-state index in [1.54, 1.807) is 0 Å². The highest BCUT2D eigenvalue weighted by atomic mass is 16.6. The number of rotatable bonds is 36. The summed E-state index contributed by atoms with van der Waals surface area (Å²) in [7, 11) is 0. The summed E-state index contributed by atoms with van der Waals surface area (Å²) in [4.78, 5) is 0. The molecule has 0 aliphatic heterocycles. The van der Waals surface area contributed by atoms with Gasteiger partial charge in [-0.1, -0.05) is 6.58 Å². The van der Waals surface area contributed by atoms with Gasteiger partial charge in [0.05, 0.1) is 158 Å². The van der Waals surface area contributed by atoms with Gasteiger partial charge >= 0.3 is 0 Å². The molecule has 0 unspecified atom stereocenters. The van der Waals surface area contributed by atoms with Gasteiger partial charge in [-0.15, -0.1) is 0 Å². The molecule has 13 nitrogen and oxygen atoms in total. The van der Waals surface area contributed by atoms with Gasteiger partial charge in [0.15, 0.2) is 0 Å². The van der Waals surface area contributed by atoms with Crippen LogP contribution in [0.3, 0.4) is 0 Å². The van der Waals surface area contributed by atoms with E-state index >= 15 is 0 Å². The van der Waals surface area contributed by atoms with Crippen molar-refractivity contribution >= 4 is 0 Å². The summed E-state index contributed by atoms with van der Waals surface area (Å²) in [6.45, 7) is 15.0. The summed E-state index contributed by atoms with van der Waals surface area (Å²) < 4.78 is 64.0. The number of aliphatic hydroxyl groups is 1. The molecule has 39 heavy (non-hydrogen) atoms. The minimum atomic E-state index is 0.0258. The Morgan fingerprint density at radius 1 is 0.308 bits per heavy atom. The average Bonchev–Trinajstić information content (AvgIpc) is 2.95. The lowest BCUT2D eigenvalue weighted by atomic mass is 10.6. The predicted molar refractivity (Wildman–Crippen MR) is 142 cm³/mol. The Labute approximate surface area is 233 Å². The topological polar surface area (TPSA) is 131 Å². The van der Waals surface area contributed by atoms with E-state index < -0.39 is 0 Å². The largest absolute Gasteiger partial charge is 0.499 e. The van der Waals surface area contributed by atoms with Gasteiger partial charge in [0, 0.05) is 0 Å². The Morgan fingerprint density at radius 3 is 0.667 bits per heavy atom. The molecule has 0 saturated carbocycles. The first-order valence-corrected chi connectivity index (χ1v) is 13.6. The Balaban J connectivity index is 3.02. The normalized spacial score (nSPS) is 11.3. The van der Waals surface area contributed by atoms with E-state index in [1.165, 1.54) is 6.26 Å². The zero-order chi connectivity index (χ0) is 28.2. The van der Waals surface area contributed by atoms with E-state index in [4.69, 9.17) is 61.9 Å². The Kier molecular flexibility index (Phi) is 36.2. The van der Waals surface area contributed by atoms with Gasteiger partial charge in [0.1, 0.15) is 6.61 Å². The second kappa shape index (κ2) is 37.1. The van der Waals surface area contributed by atoms with Crippen molar-refractivity contribution in [1.29, 1.82) is 0 Å². The summed E-state index contributed by atoms with van der Waals surface area (Å²) in [6.07, 6.45) is 1.39. The van der Waals surface area contributed by atoms with Crippen molar-refractivity contribution in [2.45, 2.75) is 0 Å². The lowest BCUT2D eigenvalue weighted by Gasteiger charge is -2.09. The summed E-state index contributed by atoms with van der Waals surface area (Å²) in [5.41, 5.74) is 0. The van der Waals surface area contributed by atoms with Crippen molar-refractivity contribution < 1.29 is 61.9 Å². The molecule has 0 rings (SSSR count). The molecule has 0 radical (unpaired) electrons. The zero-order valence-electron chi connectivity index (χ0n) is 23.6. The molecular formula is C26H52O13. The van der Waals surface area contributed by atoms with Crippen LogP contribution in [0.1, 0.15) is 0 Å². The lowest BCUT2D eigenvalue weighted by molar-refractivity contribution is -0.0281. The van der Waals surface area contributed by atoms with E-state index in [0.29, 0.717) is 152 Å². The van der Waals surface area contributed by atoms with Crippen molar-refractivity contribution in [3.05, 3.63) is 12.8 Å². The molecule has 0 aromatic carbocycles. The minimum Gasteiger partial charge on any atom is -0.499 e. The van der Waals surface area contributed by atoms with Crippen LogP contribution in [-0.2, 0) is 56.8 Å². The van der Waals surface area contributed by atoms with E-state index in [0.717, 1.165) is 0 Å². The first-order chi connectivity index (χ1) is 19.4. The highest BCUT2D eigenvalue weighted by Crippen LogP contribution is 1.87. The Morgan fingerprint density at radius 2 is 0.487 bits per heavy atom. The third kappa shape index (κ3) is 37.1. The molecule has 0 atom stereocenters. The van der Waals surface area contributed by atoms with Crippen LogP contribution in [0.4, 0.5) is 0 Å². The van der Waals surface area contributed by atoms with Gasteiger partial charge in [-0.25, -0.2) is 0 Å². The zero-order valence-corrected chi connectivity index (χ0v) is 23.6. The molecule has 0 bridgehead atoms. The van der Waals surface area contributed by atoms with E-state index in [-0.39, 0.29) is 6.61 Å². The maximum atomic E-state index is 8.56. The van der Waals surface area contributed by atoms with Crippen LogP contribution in [0, 0.1) is 0 Å². The highest BCUT2D eigenvalue weighted by Gasteiger charge is 1.96. The van der Waals surface area contributed by atoms with Crippen molar-refractivity contribution in [2.24, 2.45) is 0 Å². The fourth-order valence-electron chi connectivity index (χ4n) is 2.56. The van der Waals surface area contributed by atoms with E-state index in [1.807, 2.05) is 0 Å². The first kappa shape index (κ1) is 38.1. The van der Waals surface area contributed by atoms with Gasteiger partial charge in [-0.3, -0.25) is 0 Å². The minimum absolute atomic E-state index is 0.0258. The second-order valence-corrected chi connectivity index (χ2v) is 7.50. The first-order valence-electron chi connectivity index (χ1n) is 13.6. The number of ether oxygens (including phenoxy) is 12. The van der Waals surface area contributed by atoms with Crippen molar-refractivity contribution in [2.75, 3.05) is 159 Å². The third-order valence-corrected chi connectivity index (χ3v) is 4.42. The smallest absolute Gasteiger partial charge is 0.111 e. The fraction of sp³-hybridized carbons (Fsp3) is 0.923.